The molecule has 2 nitrogen and oxygen atoms in total. The van der Waals surface area contributed by atoms with Crippen molar-refractivity contribution in [2.24, 2.45) is 0 Å². The molecule has 2 unspecified atom stereocenters. The van der Waals surface area contributed by atoms with Crippen LogP contribution in [-0.2, 0) is 4.74 Å². The van der Waals surface area contributed by atoms with E-state index in [1.165, 1.54) is 7.05 Å². The van der Waals surface area contributed by atoms with Crippen LogP contribution in [0.5, 0.6) is 0 Å². The molecule has 2 atom stereocenters. The minimum absolute atomic E-state index is 0.0278. The molecule has 5 heteroatoms. The van der Waals surface area contributed by atoms with E-state index in [0.29, 0.717) is 6.61 Å². The number of alkyl halides is 3. The van der Waals surface area contributed by atoms with Crippen molar-refractivity contribution in [2.45, 2.75) is 37.6 Å². The molecule has 78 valence electrons. The van der Waals surface area contributed by atoms with E-state index < -0.39 is 12.2 Å². The molecule has 0 aromatic heterocycles. The highest BCUT2D eigenvalue weighted by molar-refractivity contribution is 4.79. The topological polar surface area (TPSA) is 21.3 Å². The van der Waals surface area contributed by atoms with Crippen molar-refractivity contribution in [3.63, 3.8) is 0 Å². The van der Waals surface area contributed by atoms with Gasteiger partial charge in [-0.15, -0.1) is 0 Å². The fraction of sp³-hybridized carbons (Fsp3) is 1.00. The van der Waals surface area contributed by atoms with Crippen LogP contribution in [0.1, 0.15) is 19.3 Å². The third-order valence-corrected chi connectivity index (χ3v) is 2.27. The predicted octanol–water partition coefficient (Wildman–Crippen LogP) is 1.71. The molecule has 0 aromatic rings. The number of rotatable bonds is 3. The standard InChI is InChI=1S/C8H14F3NO/c1-12-7(8(9,10)11)5-6-3-2-4-13-6/h6-7,12H,2-5H2,1H3. The molecule has 1 rings (SSSR count). The smallest absolute Gasteiger partial charge is 0.378 e. The summed E-state index contributed by atoms with van der Waals surface area (Å²) >= 11 is 0. The van der Waals surface area contributed by atoms with Gasteiger partial charge in [0.25, 0.3) is 0 Å². The average molecular weight is 197 g/mol. The van der Waals surface area contributed by atoms with Crippen LogP contribution in [0.25, 0.3) is 0 Å². The van der Waals surface area contributed by atoms with Crippen LogP contribution in [0.4, 0.5) is 13.2 Å². The Labute approximate surface area is 75.4 Å². The molecule has 0 spiro atoms. The Kier molecular flexibility index (Phi) is 3.55. The zero-order valence-corrected chi connectivity index (χ0v) is 7.53. The van der Waals surface area contributed by atoms with Crippen molar-refractivity contribution in [3.05, 3.63) is 0 Å². The molecule has 13 heavy (non-hydrogen) atoms. The van der Waals surface area contributed by atoms with Gasteiger partial charge < -0.3 is 10.1 Å². The van der Waals surface area contributed by atoms with Crippen LogP contribution < -0.4 is 5.32 Å². The summed E-state index contributed by atoms with van der Waals surface area (Å²) in [5.74, 6) is 0. The van der Waals surface area contributed by atoms with Gasteiger partial charge in [-0.25, -0.2) is 0 Å². The molecule has 0 radical (unpaired) electrons. The van der Waals surface area contributed by atoms with E-state index in [9.17, 15) is 13.2 Å². The highest BCUT2D eigenvalue weighted by Crippen LogP contribution is 2.26. The van der Waals surface area contributed by atoms with Crippen molar-refractivity contribution < 1.29 is 17.9 Å². The van der Waals surface area contributed by atoms with Gasteiger partial charge in [-0.3, -0.25) is 0 Å². The maximum atomic E-state index is 12.3. The maximum absolute atomic E-state index is 12.3. The van der Waals surface area contributed by atoms with E-state index in [2.05, 4.69) is 5.32 Å². The van der Waals surface area contributed by atoms with Crippen LogP contribution in [0, 0.1) is 0 Å². The lowest BCUT2D eigenvalue weighted by Crippen LogP contribution is -2.42. The Morgan fingerprint density at radius 3 is 2.62 bits per heavy atom. The van der Waals surface area contributed by atoms with Crippen molar-refractivity contribution in [3.8, 4) is 0 Å². The van der Waals surface area contributed by atoms with Gasteiger partial charge >= 0.3 is 6.18 Å². The first-order valence-electron chi connectivity index (χ1n) is 4.39. The zero-order chi connectivity index (χ0) is 9.90. The van der Waals surface area contributed by atoms with Gasteiger partial charge in [-0.2, -0.15) is 13.2 Å². The molecule has 0 bridgehead atoms. The first-order valence-corrected chi connectivity index (χ1v) is 4.39. The normalized spacial score (nSPS) is 26.3. The summed E-state index contributed by atoms with van der Waals surface area (Å²) in [6, 6.07) is -1.43. The quantitative estimate of drug-likeness (QED) is 0.743. The SMILES string of the molecule is CNC(CC1CCCO1)C(F)(F)F. The Morgan fingerprint density at radius 2 is 2.23 bits per heavy atom. The van der Waals surface area contributed by atoms with Gasteiger partial charge in [0.2, 0.25) is 0 Å². The molecular weight excluding hydrogens is 183 g/mol. The molecule has 0 amide bonds. The molecule has 1 fully saturated rings. The monoisotopic (exact) mass is 197 g/mol. The third-order valence-electron chi connectivity index (χ3n) is 2.27. The Morgan fingerprint density at radius 1 is 1.54 bits per heavy atom. The van der Waals surface area contributed by atoms with Crippen molar-refractivity contribution in [2.75, 3.05) is 13.7 Å². The van der Waals surface area contributed by atoms with Gasteiger partial charge in [0.05, 0.1) is 6.10 Å². The first kappa shape index (κ1) is 10.8. The van der Waals surface area contributed by atoms with E-state index in [-0.39, 0.29) is 12.5 Å². The maximum Gasteiger partial charge on any atom is 0.403 e. The van der Waals surface area contributed by atoms with Crippen molar-refractivity contribution in [1.82, 2.24) is 5.32 Å². The molecule has 1 heterocycles. The number of hydrogen-bond donors (Lipinski definition) is 1. The minimum Gasteiger partial charge on any atom is -0.378 e. The molecule has 0 aliphatic carbocycles. The van der Waals surface area contributed by atoms with Crippen LogP contribution in [0.3, 0.4) is 0 Å². The van der Waals surface area contributed by atoms with Crippen molar-refractivity contribution in [1.29, 1.82) is 0 Å². The lowest BCUT2D eigenvalue weighted by Gasteiger charge is -2.22. The molecule has 1 N–H and O–H groups in total. The molecule has 1 saturated heterocycles. The molecule has 1 aliphatic heterocycles. The third kappa shape index (κ3) is 3.15. The summed E-state index contributed by atoms with van der Waals surface area (Å²) in [7, 11) is 1.33. The van der Waals surface area contributed by atoms with Crippen LogP contribution in [-0.4, -0.2) is 32.0 Å². The molecule has 0 aromatic carbocycles. The number of nitrogens with one attached hydrogen (secondary N) is 1. The van der Waals surface area contributed by atoms with Gasteiger partial charge in [0, 0.05) is 6.61 Å². The second-order valence-corrected chi connectivity index (χ2v) is 3.25. The van der Waals surface area contributed by atoms with E-state index in [1.807, 2.05) is 0 Å². The number of ether oxygens (including phenoxy) is 1. The fourth-order valence-electron chi connectivity index (χ4n) is 1.51. The Hall–Kier alpha value is -0.290. The minimum atomic E-state index is -4.17. The van der Waals surface area contributed by atoms with Crippen LogP contribution in [0.15, 0.2) is 0 Å². The second kappa shape index (κ2) is 4.28. The number of halogens is 3. The number of hydrogen-bond acceptors (Lipinski definition) is 2. The summed E-state index contributed by atoms with van der Waals surface area (Å²) in [4.78, 5) is 0. The zero-order valence-electron chi connectivity index (χ0n) is 7.53. The van der Waals surface area contributed by atoms with Gasteiger partial charge in [0.15, 0.2) is 0 Å². The van der Waals surface area contributed by atoms with E-state index in [1.54, 1.807) is 0 Å². The van der Waals surface area contributed by atoms with Gasteiger partial charge in [-0.1, -0.05) is 0 Å². The Balaban J connectivity index is 2.39. The summed E-state index contributed by atoms with van der Waals surface area (Å²) in [5.41, 5.74) is 0. The molecule has 1 aliphatic rings. The summed E-state index contributed by atoms with van der Waals surface area (Å²) < 4.78 is 41.9. The lowest BCUT2D eigenvalue weighted by molar-refractivity contribution is -0.161. The van der Waals surface area contributed by atoms with Gasteiger partial charge in [-0.05, 0) is 26.3 Å². The summed E-state index contributed by atoms with van der Waals surface area (Å²) in [6.45, 7) is 0.596. The average Bonchev–Trinajstić information content (AvgIpc) is 2.49. The van der Waals surface area contributed by atoms with Crippen LogP contribution in [0.2, 0.25) is 0 Å². The Bertz CT molecular complexity index is 154. The summed E-state index contributed by atoms with van der Waals surface area (Å²) in [5, 5.41) is 2.26. The largest absolute Gasteiger partial charge is 0.403 e. The fourth-order valence-corrected chi connectivity index (χ4v) is 1.51. The highest BCUT2D eigenvalue weighted by Gasteiger charge is 2.40. The molecular formula is C8H14F3NO. The van der Waals surface area contributed by atoms with E-state index >= 15 is 0 Å². The molecule has 0 saturated carbocycles. The highest BCUT2D eigenvalue weighted by atomic mass is 19.4. The van der Waals surface area contributed by atoms with Crippen LogP contribution >= 0.6 is 0 Å². The van der Waals surface area contributed by atoms with E-state index in [0.717, 1.165) is 12.8 Å². The first-order chi connectivity index (χ1) is 6.04. The predicted molar refractivity (Wildman–Crippen MR) is 42.5 cm³/mol. The summed E-state index contributed by atoms with van der Waals surface area (Å²) in [6.07, 6.45) is -2.74. The van der Waals surface area contributed by atoms with Crippen molar-refractivity contribution >= 4 is 0 Å². The van der Waals surface area contributed by atoms with E-state index in [4.69, 9.17) is 4.74 Å². The van der Waals surface area contributed by atoms with Gasteiger partial charge in [0.1, 0.15) is 6.04 Å². The lowest BCUT2D eigenvalue weighted by atomic mass is 10.1. The second-order valence-electron chi connectivity index (χ2n) is 3.25.